The number of rotatable bonds is 4. The smallest absolute Gasteiger partial charge is 0.256 e. The fourth-order valence-electron chi connectivity index (χ4n) is 4.07. The molecule has 1 aromatic carbocycles. The molecule has 0 aliphatic carbocycles. The van der Waals surface area contributed by atoms with Gasteiger partial charge in [-0.15, -0.1) is 0 Å². The van der Waals surface area contributed by atoms with Crippen molar-refractivity contribution in [1.29, 1.82) is 0 Å². The number of carbonyl (C=O) groups excluding carboxylic acids is 1. The largest absolute Gasteiger partial charge is 0.486 e. The van der Waals surface area contributed by atoms with Gasteiger partial charge in [-0.2, -0.15) is 0 Å². The van der Waals surface area contributed by atoms with Crippen LogP contribution in [-0.4, -0.2) is 41.7 Å². The van der Waals surface area contributed by atoms with Crippen LogP contribution in [0.1, 0.15) is 39.7 Å². The van der Waals surface area contributed by atoms with Crippen LogP contribution in [0.5, 0.6) is 5.75 Å². The van der Waals surface area contributed by atoms with E-state index in [-0.39, 0.29) is 35.1 Å². The van der Waals surface area contributed by atoms with E-state index in [1.807, 2.05) is 26.8 Å². The van der Waals surface area contributed by atoms with Crippen LogP contribution >= 0.6 is 23.2 Å². The topological polar surface area (TPSA) is 71.6 Å². The quantitative estimate of drug-likeness (QED) is 0.766. The lowest BCUT2D eigenvalue weighted by Gasteiger charge is -2.31. The zero-order chi connectivity index (χ0) is 21.6. The third kappa shape index (κ3) is 3.84. The molecule has 30 heavy (non-hydrogen) atoms. The van der Waals surface area contributed by atoms with Gasteiger partial charge in [-0.25, -0.2) is 0 Å². The highest BCUT2D eigenvalue weighted by Crippen LogP contribution is 2.40. The average Bonchev–Trinajstić information content (AvgIpc) is 3.08. The van der Waals surface area contributed by atoms with Crippen LogP contribution in [0.4, 0.5) is 0 Å². The van der Waals surface area contributed by atoms with Gasteiger partial charge in [0, 0.05) is 34.8 Å². The molecule has 3 heterocycles. The van der Waals surface area contributed by atoms with Crippen molar-refractivity contribution >= 4 is 29.1 Å². The van der Waals surface area contributed by atoms with Crippen LogP contribution in [0.3, 0.4) is 0 Å². The van der Waals surface area contributed by atoms with Crippen molar-refractivity contribution < 1.29 is 14.3 Å². The number of hydrogen-bond donors (Lipinski definition) is 1. The van der Waals surface area contributed by atoms with Crippen molar-refractivity contribution in [2.24, 2.45) is 5.92 Å². The molecule has 0 saturated carbocycles. The molecule has 0 spiro atoms. The maximum Gasteiger partial charge on any atom is 0.256 e. The van der Waals surface area contributed by atoms with E-state index < -0.39 is 0 Å². The molecule has 0 bridgehead atoms. The van der Waals surface area contributed by atoms with E-state index in [4.69, 9.17) is 32.7 Å². The Morgan fingerprint density at radius 2 is 2.00 bits per heavy atom. The minimum absolute atomic E-state index is 0.139. The van der Waals surface area contributed by atoms with Crippen LogP contribution in [0.15, 0.2) is 16.9 Å². The molecule has 2 atom stereocenters. The average molecular weight is 451 g/mol. The molecule has 4 rings (SSSR count). The van der Waals surface area contributed by atoms with Gasteiger partial charge in [-0.3, -0.25) is 9.59 Å². The Balaban J connectivity index is 1.66. The van der Waals surface area contributed by atoms with Crippen molar-refractivity contribution in [2.75, 3.05) is 19.8 Å². The van der Waals surface area contributed by atoms with Crippen LogP contribution in [-0.2, 0) is 17.7 Å². The molecular weight excluding hydrogens is 427 g/mol. The van der Waals surface area contributed by atoms with E-state index in [2.05, 4.69) is 4.98 Å². The first-order valence-corrected chi connectivity index (χ1v) is 10.8. The van der Waals surface area contributed by atoms with Crippen molar-refractivity contribution in [3.05, 3.63) is 60.5 Å². The SMILES string of the molecule is Cc1cc(C)c(CN2CCc3c(Cl)cc(OC4COCC4C)c(Cl)c3C2=O)c(=O)[nH]1. The lowest BCUT2D eigenvalue weighted by molar-refractivity contribution is 0.0725. The number of halogens is 2. The first kappa shape index (κ1) is 21.2. The van der Waals surface area contributed by atoms with Crippen LogP contribution in [0.2, 0.25) is 10.0 Å². The molecule has 160 valence electrons. The molecule has 0 radical (unpaired) electrons. The van der Waals surface area contributed by atoms with Gasteiger partial charge >= 0.3 is 0 Å². The van der Waals surface area contributed by atoms with Crippen LogP contribution < -0.4 is 10.3 Å². The highest BCUT2D eigenvalue weighted by molar-refractivity contribution is 6.38. The number of aromatic amines is 1. The maximum absolute atomic E-state index is 13.3. The summed E-state index contributed by atoms with van der Waals surface area (Å²) in [6.45, 7) is 7.52. The van der Waals surface area contributed by atoms with E-state index in [9.17, 15) is 9.59 Å². The normalized spacial score (nSPS) is 21.1. The Kier molecular flexibility index (Phi) is 5.84. The molecule has 1 amide bonds. The number of hydrogen-bond acceptors (Lipinski definition) is 4. The number of nitrogens with one attached hydrogen (secondary N) is 1. The van der Waals surface area contributed by atoms with E-state index in [0.717, 1.165) is 16.8 Å². The molecule has 8 heteroatoms. The van der Waals surface area contributed by atoms with Crippen molar-refractivity contribution in [3.8, 4) is 5.75 Å². The van der Waals surface area contributed by atoms with Gasteiger partial charge in [0.2, 0.25) is 0 Å². The second-order valence-electron chi connectivity index (χ2n) is 8.11. The highest BCUT2D eigenvalue weighted by atomic mass is 35.5. The second-order valence-corrected chi connectivity index (χ2v) is 8.90. The molecule has 1 fully saturated rings. The van der Waals surface area contributed by atoms with Gasteiger partial charge in [0.05, 0.1) is 30.3 Å². The van der Waals surface area contributed by atoms with Crippen molar-refractivity contribution in [3.63, 3.8) is 0 Å². The van der Waals surface area contributed by atoms with Gasteiger partial charge in [0.15, 0.2) is 0 Å². The summed E-state index contributed by atoms with van der Waals surface area (Å²) in [5, 5.41) is 0.728. The Hall–Kier alpha value is -2.02. The number of nitrogens with zero attached hydrogens (tertiary/aromatic N) is 1. The zero-order valence-corrected chi connectivity index (χ0v) is 18.7. The molecule has 2 aromatic rings. The number of H-pyrrole nitrogens is 1. The fraction of sp³-hybridized carbons (Fsp3) is 0.455. The standard InChI is InChI=1S/C22H24Cl2N2O4/c1-11-6-13(3)25-21(27)15(11)8-26-5-4-14-16(23)7-17(20(24)19(14)22(26)28)30-18-10-29-9-12(18)2/h6-7,12,18H,4-5,8-10H2,1-3H3,(H,25,27). The summed E-state index contributed by atoms with van der Waals surface area (Å²) in [6.07, 6.45) is 0.422. The molecule has 2 aliphatic heterocycles. The number of fused-ring (bicyclic) bond motifs is 1. The molecule has 1 aromatic heterocycles. The third-order valence-electron chi connectivity index (χ3n) is 5.84. The summed E-state index contributed by atoms with van der Waals surface area (Å²) >= 11 is 13.1. The van der Waals surface area contributed by atoms with Crippen LogP contribution in [0.25, 0.3) is 0 Å². The third-order valence-corrected chi connectivity index (χ3v) is 6.55. The summed E-state index contributed by atoms with van der Waals surface area (Å²) < 4.78 is 11.5. The highest BCUT2D eigenvalue weighted by Gasteiger charge is 2.33. The van der Waals surface area contributed by atoms with Gasteiger partial charge in [0.25, 0.3) is 11.5 Å². The minimum Gasteiger partial charge on any atom is -0.486 e. The fourth-order valence-corrected chi connectivity index (χ4v) is 4.66. The number of carbonyl (C=O) groups is 1. The summed E-state index contributed by atoms with van der Waals surface area (Å²) in [7, 11) is 0. The number of ether oxygens (including phenoxy) is 2. The Labute approximate surface area is 185 Å². The van der Waals surface area contributed by atoms with Gasteiger partial charge in [-0.1, -0.05) is 30.1 Å². The van der Waals surface area contributed by atoms with E-state index >= 15 is 0 Å². The predicted molar refractivity (Wildman–Crippen MR) is 116 cm³/mol. The first-order chi connectivity index (χ1) is 14.3. The summed E-state index contributed by atoms with van der Waals surface area (Å²) in [4.78, 5) is 30.2. The van der Waals surface area contributed by atoms with Gasteiger partial charge in [-0.05, 0) is 37.5 Å². The Morgan fingerprint density at radius 3 is 2.67 bits per heavy atom. The number of benzene rings is 1. The van der Waals surface area contributed by atoms with Gasteiger partial charge < -0.3 is 19.4 Å². The van der Waals surface area contributed by atoms with Crippen molar-refractivity contribution in [1.82, 2.24) is 9.88 Å². The molecule has 2 aliphatic rings. The lowest BCUT2D eigenvalue weighted by Crippen LogP contribution is -2.39. The first-order valence-electron chi connectivity index (χ1n) is 10.00. The molecular formula is C22H24Cl2N2O4. The molecule has 1 saturated heterocycles. The minimum atomic E-state index is -0.247. The van der Waals surface area contributed by atoms with E-state index in [1.165, 1.54) is 0 Å². The Bertz CT molecular complexity index is 1070. The Morgan fingerprint density at radius 1 is 1.23 bits per heavy atom. The molecule has 1 N–H and O–H groups in total. The van der Waals surface area contributed by atoms with Crippen LogP contribution in [0, 0.1) is 19.8 Å². The van der Waals surface area contributed by atoms with Gasteiger partial charge in [0.1, 0.15) is 11.9 Å². The van der Waals surface area contributed by atoms with E-state index in [0.29, 0.717) is 48.1 Å². The maximum atomic E-state index is 13.3. The zero-order valence-electron chi connectivity index (χ0n) is 17.2. The number of aromatic nitrogens is 1. The number of aryl methyl sites for hydroxylation is 2. The number of amides is 1. The summed E-state index contributed by atoms with van der Waals surface area (Å²) in [5.41, 5.74) is 3.12. The molecule has 2 unspecified atom stereocenters. The predicted octanol–water partition coefficient (Wildman–Crippen LogP) is 3.91. The summed E-state index contributed by atoms with van der Waals surface area (Å²) in [6, 6.07) is 3.59. The summed E-state index contributed by atoms with van der Waals surface area (Å²) in [5.74, 6) is 0.366. The number of pyridine rings is 1. The monoisotopic (exact) mass is 450 g/mol. The second kappa shape index (κ2) is 8.25. The molecule has 6 nitrogen and oxygen atoms in total. The lowest BCUT2D eigenvalue weighted by atomic mass is 9.97. The van der Waals surface area contributed by atoms with E-state index in [1.54, 1.807) is 11.0 Å². The van der Waals surface area contributed by atoms with Crippen molar-refractivity contribution in [2.45, 2.75) is 39.8 Å².